The summed E-state index contributed by atoms with van der Waals surface area (Å²) in [7, 11) is 0. The van der Waals surface area contributed by atoms with Crippen molar-refractivity contribution >= 4 is 5.57 Å². The van der Waals surface area contributed by atoms with Crippen molar-refractivity contribution in [3.05, 3.63) is 42.2 Å². The average Bonchev–Trinajstić information content (AvgIpc) is 2.04. The lowest BCUT2D eigenvalue weighted by Gasteiger charge is -2.07. The third kappa shape index (κ3) is 1.92. The molecule has 1 aromatic carbocycles. The number of halogens is 1. The van der Waals surface area contributed by atoms with E-state index in [4.69, 9.17) is 5.11 Å². The highest BCUT2D eigenvalue weighted by atomic mass is 19.1. The molecule has 1 rings (SSSR count). The third-order valence-electron chi connectivity index (χ3n) is 1.72. The molecule has 0 spiro atoms. The van der Waals surface area contributed by atoms with Gasteiger partial charge in [0.05, 0.1) is 6.10 Å². The molecule has 64 valence electrons. The van der Waals surface area contributed by atoms with Crippen LogP contribution in [0.4, 0.5) is 4.39 Å². The van der Waals surface area contributed by atoms with Crippen LogP contribution in [-0.2, 0) is 0 Å². The highest BCUT2D eigenvalue weighted by Gasteiger charge is 2.03. The molecule has 2 heteroatoms. The summed E-state index contributed by atoms with van der Waals surface area (Å²) in [6.07, 6.45) is -0.588. The molecule has 0 aromatic heterocycles. The first-order valence-electron chi connectivity index (χ1n) is 3.74. The highest BCUT2D eigenvalue weighted by Crippen LogP contribution is 2.15. The van der Waals surface area contributed by atoms with Crippen LogP contribution in [0, 0.1) is 5.82 Å². The van der Waals surface area contributed by atoms with E-state index < -0.39 is 6.10 Å². The van der Waals surface area contributed by atoms with Crippen molar-refractivity contribution in [2.45, 2.75) is 13.0 Å². The van der Waals surface area contributed by atoms with Crippen LogP contribution >= 0.6 is 0 Å². The first-order valence-corrected chi connectivity index (χ1v) is 3.74. The maximum Gasteiger partial charge on any atom is 0.123 e. The second kappa shape index (κ2) is 3.50. The van der Waals surface area contributed by atoms with Crippen LogP contribution in [0.25, 0.3) is 5.57 Å². The Morgan fingerprint density at radius 1 is 1.42 bits per heavy atom. The van der Waals surface area contributed by atoms with Crippen molar-refractivity contribution in [1.29, 1.82) is 0 Å². The summed E-state index contributed by atoms with van der Waals surface area (Å²) in [4.78, 5) is 0. The molecule has 0 aliphatic rings. The summed E-state index contributed by atoms with van der Waals surface area (Å²) in [5, 5.41) is 9.15. The van der Waals surface area contributed by atoms with E-state index in [-0.39, 0.29) is 5.82 Å². The molecule has 1 atom stereocenters. The minimum absolute atomic E-state index is 0.280. The van der Waals surface area contributed by atoms with Gasteiger partial charge in [-0.15, -0.1) is 0 Å². The van der Waals surface area contributed by atoms with E-state index in [0.29, 0.717) is 5.57 Å². The van der Waals surface area contributed by atoms with Gasteiger partial charge in [-0.3, -0.25) is 0 Å². The summed E-state index contributed by atoms with van der Waals surface area (Å²) in [5.74, 6) is -0.280. The van der Waals surface area contributed by atoms with Crippen molar-refractivity contribution in [3.63, 3.8) is 0 Å². The number of hydrogen-bond donors (Lipinski definition) is 1. The molecule has 0 heterocycles. The number of rotatable bonds is 2. The van der Waals surface area contributed by atoms with E-state index in [1.807, 2.05) is 0 Å². The Hall–Kier alpha value is -1.15. The third-order valence-corrected chi connectivity index (χ3v) is 1.72. The SMILES string of the molecule is C=C(c1ccc(F)cc1)C(C)O. The Morgan fingerprint density at radius 3 is 2.33 bits per heavy atom. The minimum Gasteiger partial charge on any atom is -0.389 e. The second-order valence-electron chi connectivity index (χ2n) is 2.71. The quantitative estimate of drug-likeness (QED) is 0.714. The molecule has 0 aliphatic heterocycles. The Bertz CT molecular complexity index is 274. The van der Waals surface area contributed by atoms with Crippen LogP contribution in [0.5, 0.6) is 0 Å². The number of benzene rings is 1. The van der Waals surface area contributed by atoms with Crippen LogP contribution in [0.1, 0.15) is 12.5 Å². The monoisotopic (exact) mass is 166 g/mol. The Labute approximate surface area is 71.2 Å². The van der Waals surface area contributed by atoms with E-state index in [2.05, 4.69) is 6.58 Å². The van der Waals surface area contributed by atoms with Gasteiger partial charge in [-0.1, -0.05) is 18.7 Å². The van der Waals surface area contributed by atoms with E-state index in [0.717, 1.165) is 5.56 Å². The van der Waals surface area contributed by atoms with Crippen LogP contribution in [-0.4, -0.2) is 11.2 Å². The standard InChI is InChI=1S/C10H11FO/c1-7(8(2)12)9-3-5-10(11)6-4-9/h3-6,8,12H,1H2,2H3. The van der Waals surface area contributed by atoms with Gasteiger partial charge in [-0.05, 0) is 30.2 Å². The summed E-state index contributed by atoms with van der Waals surface area (Å²) in [6.45, 7) is 5.31. The normalized spacial score (nSPS) is 12.6. The first kappa shape index (κ1) is 8.94. The maximum atomic E-state index is 12.5. The fourth-order valence-corrected chi connectivity index (χ4v) is 0.905. The van der Waals surface area contributed by atoms with E-state index in [1.165, 1.54) is 12.1 Å². The molecule has 0 saturated carbocycles. The molecular formula is C10H11FO. The number of aliphatic hydroxyl groups is 1. The predicted molar refractivity (Wildman–Crippen MR) is 47.1 cm³/mol. The van der Waals surface area contributed by atoms with E-state index >= 15 is 0 Å². The van der Waals surface area contributed by atoms with E-state index in [1.54, 1.807) is 19.1 Å². The molecule has 0 amide bonds. The van der Waals surface area contributed by atoms with Crippen LogP contribution < -0.4 is 0 Å². The lowest BCUT2D eigenvalue weighted by Crippen LogP contribution is -2.01. The fraction of sp³-hybridized carbons (Fsp3) is 0.200. The molecule has 0 bridgehead atoms. The lowest BCUT2D eigenvalue weighted by molar-refractivity contribution is 0.253. The number of hydrogen-bond acceptors (Lipinski definition) is 1. The van der Waals surface area contributed by atoms with Gasteiger partial charge >= 0.3 is 0 Å². The smallest absolute Gasteiger partial charge is 0.123 e. The van der Waals surface area contributed by atoms with Crippen molar-refractivity contribution in [2.75, 3.05) is 0 Å². The van der Waals surface area contributed by atoms with Crippen LogP contribution in [0.2, 0.25) is 0 Å². The molecule has 1 unspecified atom stereocenters. The van der Waals surface area contributed by atoms with Gasteiger partial charge in [0.15, 0.2) is 0 Å². The van der Waals surface area contributed by atoms with Crippen LogP contribution in [0.3, 0.4) is 0 Å². The van der Waals surface area contributed by atoms with E-state index in [9.17, 15) is 4.39 Å². The van der Waals surface area contributed by atoms with Gasteiger partial charge in [-0.25, -0.2) is 4.39 Å². The summed E-state index contributed by atoms with van der Waals surface area (Å²) >= 11 is 0. The molecule has 1 aromatic rings. The predicted octanol–water partition coefficient (Wildman–Crippen LogP) is 2.22. The lowest BCUT2D eigenvalue weighted by atomic mass is 10.0. The number of aliphatic hydroxyl groups excluding tert-OH is 1. The molecule has 1 N–H and O–H groups in total. The topological polar surface area (TPSA) is 20.2 Å². The van der Waals surface area contributed by atoms with Gasteiger partial charge < -0.3 is 5.11 Å². The molecular weight excluding hydrogens is 155 g/mol. The van der Waals surface area contributed by atoms with Crippen molar-refractivity contribution in [1.82, 2.24) is 0 Å². The van der Waals surface area contributed by atoms with Crippen molar-refractivity contribution in [2.24, 2.45) is 0 Å². The molecule has 1 nitrogen and oxygen atoms in total. The van der Waals surface area contributed by atoms with Gasteiger partial charge in [0, 0.05) is 0 Å². The first-order chi connectivity index (χ1) is 5.61. The molecule has 12 heavy (non-hydrogen) atoms. The zero-order valence-electron chi connectivity index (χ0n) is 6.92. The Morgan fingerprint density at radius 2 is 1.92 bits per heavy atom. The largest absolute Gasteiger partial charge is 0.389 e. The van der Waals surface area contributed by atoms with Gasteiger partial charge in [0.1, 0.15) is 5.82 Å². The Balaban J connectivity index is 2.90. The second-order valence-corrected chi connectivity index (χ2v) is 2.71. The average molecular weight is 166 g/mol. The van der Waals surface area contributed by atoms with Crippen LogP contribution in [0.15, 0.2) is 30.8 Å². The fourth-order valence-electron chi connectivity index (χ4n) is 0.905. The molecule has 0 saturated heterocycles. The molecule has 0 radical (unpaired) electrons. The zero-order valence-corrected chi connectivity index (χ0v) is 6.92. The summed E-state index contributed by atoms with van der Waals surface area (Å²) < 4.78 is 12.5. The van der Waals surface area contributed by atoms with Gasteiger partial charge in [-0.2, -0.15) is 0 Å². The van der Waals surface area contributed by atoms with Crippen molar-refractivity contribution in [3.8, 4) is 0 Å². The minimum atomic E-state index is -0.588. The summed E-state index contributed by atoms with van der Waals surface area (Å²) in [6, 6.07) is 5.90. The maximum absolute atomic E-state index is 12.5. The highest BCUT2D eigenvalue weighted by molar-refractivity contribution is 5.65. The molecule has 0 fully saturated rings. The van der Waals surface area contributed by atoms with Gasteiger partial charge in [0.25, 0.3) is 0 Å². The Kier molecular flexibility index (Phi) is 2.61. The summed E-state index contributed by atoms with van der Waals surface area (Å²) in [5.41, 5.74) is 1.38. The molecule has 0 aliphatic carbocycles. The van der Waals surface area contributed by atoms with Crippen molar-refractivity contribution < 1.29 is 9.50 Å². The van der Waals surface area contributed by atoms with Gasteiger partial charge in [0.2, 0.25) is 0 Å². The zero-order chi connectivity index (χ0) is 9.14.